The van der Waals surface area contributed by atoms with Gasteiger partial charge in [-0.25, -0.2) is 8.78 Å². The highest BCUT2D eigenvalue weighted by Crippen LogP contribution is 2.09. The van der Waals surface area contributed by atoms with Crippen molar-refractivity contribution in [2.75, 3.05) is 0 Å². The van der Waals surface area contributed by atoms with Gasteiger partial charge >= 0.3 is 0 Å². The number of halogens is 2. The zero-order chi connectivity index (χ0) is 8.15. The molecule has 0 radical (unpaired) electrons. The molecule has 1 atom stereocenters. The number of hydrogen-bond acceptors (Lipinski definition) is 1. The maximum absolute atomic E-state index is 11.5. The fraction of sp³-hybridized carbons (Fsp3) is 0.833. The van der Waals surface area contributed by atoms with Crippen molar-refractivity contribution in [3.8, 4) is 0 Å². The molecular formula is C6H11F2NO. The first-order chi connectivity index (χ1) is 4.54. The van der Waals surface area contributed by atoms with E-state index in [2.05, 4.69) is 0 Å². The molecule has 0 rings (SSSR count). The SMILES string of the molecule is CC(CCC(F)F)C(N)=O. The van der Waals surface area contributed by atoms with E-state index in [1.165, 1.54) is 0 Å². The molecule has 60 valence electrons. The fourth-order valence-electron chi connectivity index (χ4n) is 0.518. The molecule has 0 aliphatic carbocycles. The summed E-state index contributed by atoms with van der Waals surface area (Å²) in [7, 11) is 0. The van der Waals surface area contributed by atoms with E-state index in [0.29, 0.717) is 0 Å². The van der Waals surface area contributed by atoms with Gasteiger partial charge in [0.2, 0.25) is 12.3 Å². The second-order valence-corrected chi connectivity index (χ2v) is 2.27. The molecule has 2 nitrogen and oxygen atoms in total. The zero-order valence-corrected chi connectivity index (χ0v) is 5.81. The minimum absolute atomic E-state index is 0.174. The number of nitrogens with two attached hydrogens (primary N) is 1. The van der Waals surface area contributed by atoms with E-state index in [1.807, 2.05) is 0 Å². The van der Waals surface area contributed by atoms with Crippen molar-refractivity contribution >= 4 is 5.91 Å². The van der Waals surface area contributed by atoms with Crippen LogP contribution in [0, 0.1) is 5.92 Å². The molecule has 4 heteroatoms. The normalized spacial score (nSPS) is 13.6. The number of carbonyl (C=O) groups is 1. The second-order valence-electron chi connectivity index (χ2n) is 2.27. The molecule has 1 unspecified atom stereocenters. The van der Waals surface area contributed by atoms with E-state index in [9.17, 15) is 13.6 Å². The fourth-order valence-corrected chi connectivity index (χ4v) is 0.518. The summed E-state index contributed by atoms with van der Waals surface area (Å²) < 4.78 is 23.0. The van der Waals surface area contributed by atoms with E-state index in [0.717, 1.165) is 0 Å². The smallest absolute Gasteiger partial charge is 0.238 e. The van der Waals surface area contributed by atoms with Crippen molar-refractivity contribution in [1.29, 1.82) is 0 Å². The van der Waals surface area contributed by atoms with Crippen LogP contribution in [0.15, 0.2) is 0 Å². The van der Waals surface area contributed by atoms with Gasteiger partial charge in [0.15, 0.2) is 0 Å². The van der Waals surface area contributed by atoms with Gasteiger partial charge in [0.1, 0.15) is 0 Å². The van der Waals surface area contributed by atoms with Crippen LogP contribution in [0.5, 0.6) is 0 Å². The summed E-state index contributed by atoms with van der Waals surface area (Å²) in [6.07, 6.45) is -2.40. The van der Waals surface area contributed by atoms with Gasteiger partial charge in [-0.2, -0.15) is 0 Å². The molecule has 0 spiro atoms. The molecule has 0 aromatic rings. The molecule has 0 aromatic carbocycles. The molecule has 0 saturated carbocycles. The Morgan fingerprint density at radius 1 is 1.50 bits per heavy atom. The van der Waals surface area contributed by atoms with Crippen LogP contribution < -0.4 is 5.73 Å². The van der Waals surface area contributed by atoms with Crippen molar-refractivity contribution in [3.05, 3.63) is 0 Å². The molecule has 0 heterocycles. The van der Waals surface area contributed by atoms with Gasteiger partial charge in [0.05, 0.1) is 0 Å². The summed E-state index contributed by atoms with van der Waals surface area (Å²) in [5.41, 5.74) is 4.84. The predicted molar refractivity (Wildman–Crippen MR) is 33.6 cm³/mol. The molecular weight excluding hydrogens is 140 g/mol. The summed E-state index contributed by atoms with van der Waals surface area (Å²) in [6.45, 7) is 1.55. The lowest BCUT2D eigenvalue weighted by atomic mass is 10.1. The number of amides is 1. The van der Waals surface area contributed by atoms with Crippen LogP contribution >= 0.6 is 0 Å². The van der Waals surface area contributed by atoms with Crippen LogP contribution in [-0.4, -0.2) is 12.3 Å². The van der Waals surface area contributed by atoms with Crippen LogP contribution in [-0.2, 0) is 4.79 Å². The van der Waals surface area contributed by atoms with Gasteiger partial charge < -0.3 is 5.73 Å². The van der Waals surface area contributed by atoms with E-state index in [-0.39, 0.29) is 12.8 Å². The quantitative estimate of drug-likeness (QED) is 0.643. The van der Waals surface area contributed by atoms with Gasteiger partial charge in [0.25, 0.3) is 0 Å². The Bertz CT molecular complexity index is 116. The third-order valence-corrected chi connectivity index (χ3v) is 1.30. The summed E-state index contributed by atoms with van der Waals surface area (Å²) in [6, 6.07) is 0. The Balaban J connectivity index is 3.40. The average molecular weight is 151 g/mol. The van der Waals surface area contributed by atoms with Gasteiger partial charge in [-0.3, -0.25) is 4.79 Å². The lowest BCUT2D eigenvalue weighted by molar-refractivity contribution is -0.121. The van der Waals surface area contributed by atoms with Crippen LogP contribution in [0.25, 0.3) is 0 Å². The molecule has 0 fully saturated rings. The summed E-state index contributed by atoms with van der Waals surface area (Å²) >= 11 is 0. The van der Waals surface area contributed by atoms with Crippen molar-refractivity contribution in [2.45, 2.75) is 26.2 Å². The molecule has 0 aromatic heterocycles. The van der Waals surface area contributed by atoms with Crippen LogP contribution in [0.4, 0.5) is 8.78 Å². The van der Waals surface area contributed by atoms with Gasteiger partial charge in [-0.1, -0.05) is 6.92 Å². The highest BCUT2D eigenvalue weighted by Gasteiger charge is 2.11. The molecule has 0 aliphatic rings. The third-order valence-electron chi connectivity index (χ3n) is 1.30. The summed E-state index contributed by atoms with van der Waals surface area (Å²) in [4.78, 5) is 10.3. The summed E-state index contributed by atoms with van der Waals surface area (Å²) in [5, 5.41) is 0. The number of rotatable bonds is 4. The molecule has 1 amide bonds. The van der Waals surface area contributed by atoms with Crippen molar-refractivity contribution in [1.82, 2.24) is 0 Å². The number of alkyl halides is 2. The Hall–Kier alpha value is -0.670. The lowest BCUT2D eigenvalue weighted by Gasteiger charge is -2.04. The number of carbonyl (C=O) groups excluding carboxylic acids is 1. The second kappa shape index (κ2) is 4.19. The first-order valence-corrected chi connectivity index (χ1v) is 3.11. The third kappa shape index (κ3) is 4.23. The molecule has 0 saturated heterocycles. The van der Waals surface area contributed by atoms with Gasteiger partial charge in [0, 0.05) is 12.3 Å². The highest BCUT2D eigenvalue weighted by atomic mass is 19.3. The Morgan fingerprint density at radius 3 is 2.30 bits per heavy atom. The lowest BCUT2D eigenvalue weighted by Crippen LogP contribution is -2.20. The van der Waals surface area contributed by atoms with Gasteiger partial charge in [-0.15, -0.1) is 0 Å². The highest BCUT2D eigenvalue weighted by molar-refractivity contribution is 5.76. The predicted octanol–water partition coefficient (Wildman–Crippen LogP) is 1.15. The average Bonchev–Trinajstić information content (AvgIpc) is 1.82. The molecule has 0 bridgehead atoms. The maximum Gasteiger partial charge on any atom is 0.238 e. The van der Waals surface area contributed by atoms with Crippen molar-refractivity contribution in [3.63, 3.8) is 0 Å². The van der Waals surface area contributed by atoms with Crippen molar-refractivity contribution in [2.24, 2.45) is 11.7 Å². The van der Waals surface area contributed by atoms with Crippen molar-refractivity contribution < 1.29 is 13.6 Å². The monoisotopic (exact) mass is 151 g/mol. The minimum Gasteiger partial charge on any atom is -0.369 e. The van der Waals surface area contributed by atoms with E-state index < -0.39 is 18.3 Å². The number of hydrogen-bond donors (Lipinski definition) is 1. The Morgan fingerprint density at radius 2 is 2.00 bits per heavy atom. The standard InChI is InChI=1S/C6H11F2NO/c1-4(6(9)10)2-3-5(7)8/h4-5H,2-3H2,1H3,(H2,9,10). The zero-order valence-electron chi connectivity index (χ0n) is 5.81. The maximum atomic E-state index is 11.5. The first kappa shape index (κ1) is 9.33. The van der Waals surface area contributed by atoms with E-state index in [4.69, 9.17) is 5.73 Å². The van der Waals surface area contributed by atoms with E-state index in [1.54, 1.807) is 6.92 Å². The van der Waals surface area contributed by atoms with Crippen LogP contribution in [0.1, 0.15) is 19.8 Å². The first-order valence-electron chi connectivity index (χ1n) is 3.11. The van der Waals surface area contributed by atoms with Gasteiger partial charge in [-0.05, 0) is 6.42 Å². The van der Waals surface area contributed by atoms with E-state index >= 15 is 0 Å². The number of primary amides is 1. The molecule has 10 heavy (non-hydrogen) atoms. The minimum atomic E-state index is -2.33. The largest absolute Gasteiger partial charge is 0.369 e. The summed E-state index contributed by atoms with van der Waals surface area (Å²) in [5.74, 6) is -0.949. The topological polar surface area (TPSA) is 43.1 Å². The molecule has 2 N–H and O–H groups in total. The molecule has 0 aliphatic heterocycles. The Kier molecular flexibility index (Phi) is 3.91. The van der Waals surface area contributed by atoms with Crippen LogP contribution in [0.3, 0.4) is 0 Å². The van der Waals surface area contributed by atoms with Crippen LogP contribution in [0.2, 0.25) is 0 Å². The Labute approximate surface area is 58.4 Å².